The summed E-state index contributed by atoms with van der Waals surface area (Å²) in [5.74, 6) is -0.784. The Labute approximate surface area is 121 Å². The van der Waals surface area contributed by atoms with Gasteiger partial charge >= 0.3 is 0 Å². The zero-order valence-corrected chi connectivity index (χ0v) is 11.7. The van der Waals surface area contributed by atoms with E-state index in [1.54, 1.807) is 7.11 Å². The molecular formula is C15H16FNO4. The predicted octanol–water partition coefficient (Wildman–Crippen LogP) is 3.05. The summed E-state index contributed by atoms with van der Waals surface area (Å²) in [6.45, 7) is 0. The number of hydrogen-bond donors (Lipinski definition) is 0. The second-order valence-electron chi connectivity index (χ2n) is 5.90. The topological polar surface area (TPSA) is 69.4 Å². The number of carbonyl (C=O) groups is 1. The van der Waals surface area contributed by atoms with Crippen LogP contribution in [0, 0.1) is 21.3 Å². The summed E-state index contributed by atoms with van der Waals surface area (Å²) in [4.78, 5) is 23.2. The molecule has 1 fully saturated rings. The van der Waals surface area contributed by atoms with Gasteiger partial charge in [0.2, 0.25) is 0 Å². The number of halogens is 1. The quantitative estimate of drug-likeness (QED) is 0.620. The number of carbonyl (C=O) groups excluding carboxylic acids is 1. The average Bonchev–Trinajstić information content (AvgIpc) is 2.75. The fourth-order valence-corrected chi connectivity index (χ4v) is 3.66. The molecule has 5 nitrogen and oxygen atoms in total. The third-order valence-corrected chi connectivity index (χ3v) is 4.88. The lowest BCUT2D eigenvalue weighted by Gasteiger charge is -2.35. The highest BCUT2D eigenvalue weighted by Crippen LogP contribution is 2.50. The highest BCUT2D eigenvalue weighted by molar-refractivity contribution is 6.08. The molecule has 0 unspecified atom stereocenters. The van der Waals surface area contributed by atoms with Crippen molar-refractivity contribution in [1.29, 1.82) is 0 Å². The summed E-state index contributed by atoms with van der Waals surface area (Å²) in [5.41, 5.74) is -0.757. The SMILES string of the molecule is CO[C@H]1CC[C@]2(CC1)Cc1c(F)ccc([N+](=O)[O-])c1C2=O. The molecule has 0 aliphatic heterocycles. The van der Waals surface area contributed by atoms with E-state index in [4.69, 9.17) is 4.74 Å². The molecule has 0 N–H and O–H groups in total. The number of nitrogens with zero attached hydrogens (tertiary/aromatic N) is 1. The van der Waals surface area contributed by atoms with Crippen molar-refractivity contribution >= 4 is 11.5 Å². The number of ether oxygens (including phenoxy) is 1. The van der Waals surface area contributed by atoms with Crippen molar-refractivity contribution in [3.8, 4) is 0 Å². The molecule has 0 amide bonds. The van der Waals surface area contributed by atoms with Crippen molar-refractivity contribution in [2.24, 2.45) is 5.41 Å². The highest BCUT2D eigenvalue weighted by Gasteiger charge is 2.51. The van der Waals surface area contributed by atoms with Gasteiger partial charge in [0.05, 0.1) is 11.0 Å². The van der Waals surface area contributed by atoms with Crippen molar-refractivity contribution < 1.29 is 18.8 Å². The van der Waals surface area contributed by atoms with E-state index in [-0.39, 0.29) is 35.1 Å². The van der Waals surface area contributed by atoms with Gasteiger partial charge in [0.15, 0.2) is 5.78 Å². The smallest absolute Gasteiger partial charge is 0.280 e. The van der Waals surface area contributed by atoms with Gasteiger partial charge in [0.1, 0.15) is 11.4 Å². The summed E-state index contributed by atoms with van der Waals surface area (Å²) < 4.78 is 19.3. The number of nitro groups is 1. The van der Waals surface area contributed by atoms with Crippen LogP contribution in [-0.2, 0) is 11.2 Å². The third kappa shape index (κ3) is 2.05. The number of hydrogen-bond acceptors (Lipinski definition) is 4. The van der Waals surface area contributed by atoms with Crippen LogP contribution >= 0.6 is 0 Å². The van der Waals surface area contributed by atoms with Crippen molar-refractivity contribution in [2.75, 3.05) is 7.11 Å². The van der Waals surface area contributed by atoms with Gasteiger partial charge in [-0.25, -0.2) is 4.39 Å². The normalized spacial score (nSPS) is 27.9. The molecule has 0 saturated heterocycles. The van der Waals surface area contributed by atoms with E-state index >= 15 is 0 Å². The van der Waals surface area contributed by atoms with Crippen molar-refractivity contribution in [2.45, 2.75) is 38.2 Å². The van der Waals surface area contributed by atoms with Crippen LogP contribution in [-0.4, -0.2) is 23.9 Å². The van der Waals surface area contributed by atoms with Crippen LogP contribution < -0.4 is 0 Å². The zero-order valence-electron chi connectivity index (χ0n) is 11.7. The van der Waals surface area contributed by atoms with E-state index < -0.39 is 16.2 Å². The number of benzene rings is 1. The molecular weight excluding hydrogens is 277 g/mol. The van der Waals surface area contributed by atoms with E-state index in [1.807, 2.05) is 0 Å². The molecule has 0 bridgehead atoms. The Kier molecular flexibility index (Phi) is 3.28. The number of methoxy groups -OCH3 is 1. The molecule has 1 aromatic carbocycles. The van der Waals surface area contributed by atoms with Gasteiger partial charge in [-0.15, -0.1) is 0 Å². The van der Waals surface area contributed by atoms with Crippen molar-refractivity contribution in [1.82, 2.24) is 0 Å². The Balaban J connectivity index is 2.01. The van der Waals surface area contributed by atoms with Gasteiger partial charge in [0, 0.05) is 24.2 Å². The van der Waals surface area contributed by atoms with Crippen molar-refractivity contribution in [3.63, 3.8) is 0 Å². The maximum absolute atomic E-state index is 14.0. The number of rotatable bonds is 2. The molecule has 2 aliphatic rings. The first kappa shape index (κ1) is 14.1. The van der Waals surface area contributed by atoms with E-state index in [1.165, 1.54) is 0 Å². The summed E-state index contributed by atoms with van der Waals surface area (Å²) in [7, 11) is 1.64. The minimum absolute atomic E-state index is 0.0177. The standard InChI is InChI=1S/C15H16FNO4/c1-21-9-4-6-15(7-5-9)8-10-11(16)2-3-12(17(19)20)13(10)14(15)18/h2-3,9H,4-8H2,1H3/t9-,15-. The molecule has 0 heterocycles. The molecule has 1 saturated carbocycles. The predicted molar refractivity (Wildman–Crippen MR) is 72.8 cm³/mol. The molecule has 6 heteroatoms. The lowest BCUT2D eigenvalue weighted by molar-refractivity contribution is -0.385. The Bertz CT molecular complexity index is 620. The van der Waals surface area contributed by atoms with Crippen LogP contribution in [0.4, 0.5) is 10.1 Å². The summed E-state index contributed by atoms with van der Waals surface area (Å²) in [5, 5.41) is 11.1. The van der Waals surface area contributed by atoms with Crippen LogP contribution in [0.5, 0.6) is 0 Å². The highest BCUT2D eigenvalue weighted by atomic mass is 19.1. The minimum Gasteiger partial charge on any atom is -0.381 e. The first-order valence-electron chi connectivity index (χ1n) is 7.02. The van der Waals surface area contributed by atoms with Crippen LogP contribution in [0.3, 0.4) is 0 Å². The van der Waals surface area contributed by atoms with Crippen LogP contribution in [0.15, 0.2) is 12.1 Å². The molecule has 0 aromatic heterocycles. The van der Waals surface area contributed by atoms with E-state index in [0.717, 1.165) is 25.0 Å². The summed E-state index contributed by atoms with van der Waals surface area (Å²) >= 11 is 0. The number of nitro benzene ring substituents is 1. The van der Waals surface area contributed by atoms with E-state index in [2.05, 4.69) is 0 Å². The van der Waals surface area contributed by atoms with E-state index in [9.17, 15) is 19.3 Å². The second-order valence-corrected chi connectivity index (χ2v) is 5.90. The Morgan fingerprint density at radius 2 is 2.05 bits per heavy atom. The van der Waals surface area contributed by atoms with Crippen LogP contribution in [0.1, 0.15) is 41.6 Å². The number of Topliss-reactive ketones (excluding diaryl/α,β-unsaturated/α-hetero) is 1. The summed E-state index contributed by atoms with van der Waals surface area (Å²) in [6, 6.07) is 2.18. The Morgan fingerprint density at radius 3 is 2.62 bits per heavy atom. The van der Waals surface area contributed by atoms with Gasteiger partial charge < -0.3 is 4.74 Å². The molecule has 0 atom stereocenters. The second kappa shape index (κ2) is 4.87. The number of ketones is 1. The molecule has 1 aromatic rings. The first-order valence-corrected chi connectivity index (χ1v) is 7.02. The Morgan fingerprint density at radius 1 is 1.38 bits per heavy atom. The lowest BCUT2D eigenvalue weighted by Crippen LogP contribution is -2.35. The lowest BCUT2D eigenvalue weighted by atomic mass is 9.70. The van der Waals surface area contributed by atoms with Crippen molar-refractivity contribution in [3.05, 3.63) is 39.2 Å². The fourth-order valence-electron chi connectivity index (χ4n) is 3.66. The van der Waals surface area contributed by atoms with Crippen LogP contribution in [0.2, 0.25) is 0 Å². The molecule has 2 aliphatic carbocycles. The largest absolute Gasteiger partial charge is 0.381 e. The molecule has 3 rings (SSSR count). The monoisotopic (exact) mass is 293 g/mol. The van der Waals surface area contributed by atoms with Gasteiger partial charge in [-0.1, -0.05) is 0 Å². The maximum atomic E-state index is 14.0. The maximum Gasteiger partial charge on any atom is 0.280 e. The zero-order chi connectivity index (χ0) is 15.2. The molecule has 0 radical (unpaired) electrons. The summed E-state index contributed by atoms with van der Waals surface area (Å²) in [6.07, 6.45) is 3.03. The molecule has 112 valence electrons. The number of fused-ring (bicyclic) bond motifs is 1. The molecule has 1 spiro atoms. The third-order valence-electron chi connectivity index (χ3n) is 4.88. The average molecular weight is 293 g/mol. The Hall–Kier alpha value is -1.82. The van der Waals surface area contributed by atoms with Gasteiger partial charge in [-0.2, -0.15) is 0 Å². The minimum atomic E-state index is -0.676. The fraction of sp³-hybridized carbons (Fsp3) is 0.533. The molecule has 21 heavy (non-hydrogen) atoms. The van der Waals surface area contributed by atoms with Gasteiger partial charge in [-0.05, 0) is 38.2 Å². The van der Waals surface area contributed by atoms with Crippen LogP contribution in [0.25, 0.3) is 0 Å². The first-order chi connectivity index (χ1) is 9.98. The van der Waals surface area contributed by atoms with Gasteiger partial charge in [0.25, 0.3) is 5.69 Å². The van der Waals surface area contributed by atoms with Gasteiger partial charge in [-0.3, -0.25) is 14.9 Å². The van der Waals surface area contributed by atoms with E-state index in [0.29, 0.717) is 12.8 Å².